The maximum Gasteiger partial charge on any atom is 0.388 e. The zero-order chi connectivity index (χ0) is 23.4. The summed E-state index contributed by atoms with van der Waals surface area (Å²) in [5.74, 6) is -0.899. The van der Waals surface area contributed by atoms with E-state index >= 15 is 0 Å². The normalized spacial score (nSPS) is 15.9. The van der Waals surface area contributed by atoms with Crippen molar-refractivity contribution in [2.45, 2.75) is 13.2 Å². The van der Waals surface area contributed by atoms with Crippen LogP contribution in [0.15, 0.2) is 59.8 Å². The highest BCUT2D eigenvalue weighted by molar-refractivity contribution is 5.82. The second-order valence-electron chi connectivity index (χ2n) is 7.26. The summed E-state index contributed by atoms with van der Waals surface area (Å²) in [5, 5.41) is 0. The first-order valence-electron chi connectivity index (χ1n) is 9.92. The van der Waals surface area contributed by atoms with Gasteiger partial charge in [0.1, 0.15) is 18.4 Å². The van der Waals surface area contributed by atoms with E-state index in [9.17, 15) is 22.8 Å². The molecule has 33 heavy (non-hydrogen) atoms. The van der Waals surface area contributed by atoms with E-state index < -0.39 is 18.2 Å². The van der Waals surface area contributed by atoms with Gasteiger partial charge in [0, 0.05) is 25.4 Å². The number of halogens is 3. The van der Waals surface area contributed by atoms with Crippen LogP contribution in [0.3, 0.4) is 0 Å². The van der Waals surface area contributed by atoms with Crippen LogP contribution in [0.2, 0.25) is 0 Å². The Hall–Kier alpha value is -4.02. The van der Waals surface area contributed by atoms with Gasteiger partial charge in [-0.25, -0.2) is 19.2 Å². The van der Waals surface area contributed by atoms with Crippen LogP contribution < -0.4 is 15.3 Å². The van der Waals surface area contributed by atoms with Crippen molar-refractivity contribution in [1.82, 2.24) is 19.5 Å². The molecule has 8 nitrogen and oxygen atoms in total. The van der Waals surface area contributed by atoms with Gasteiger partial charge in [0.25, 0.3) is 0 Å². The second-order valence-corrected chi connectivity index (χ2v) is 7.26. The van der Waals surface area contributed by atoms with E-state index in [1.165, 1.54) is 41.4 Å². The van der Waals surface area contributed by atoms with Gasteiger partial charge in [0.2, 0.25) is 11.8 Å². The van der Waals surface area contributed by atoms with Crippen molar-refractivity contribution in [3.05, 3.63) is 82.4 Å². The van der Waals surface area contributed by atoms with Crippen LogP contribution in [-0.4, -0.2) is 45.5 Å². The van der Waals surface area contributed by atoms with Crippen LogP contribution in [0.25, 0.3) is 5.57 Å². The maximum atomic E-state index is 13.2. The molecule has 0 saturated carbocycles. The Morgan fingerprint density at radius 2 is 1.94 bits per heavy atom. The summed E-state index contributed by atoms with van der Waals surface area (Å²) >= 11 is 0. The first-order chi connectivity index (χ1) is 15.9. The Labute approximate surface area is 186 Å². The van der Waals surface area contributed by atoms with Gasteiger partial charge in [-0.15, -0.1) is 0 Å². The van der Waals surface area contributed by atoms with E-state index in [1.807, 2.05) is 6.08 Å². The van der Waals surface area contributed by atoms with E-state index in [2.05, 4.69) is 19.7 Å². The van der Waals surface area contributed by atoms with Crippen molar-refractivity contribution in [3.63, 3.8) is 0 Å². The van der Waals surface area contributed by atoms with Gasteiger partial charge >= 0.3 is 12.3 Å². The van der Waals surface area contributed by atoms with Crippen LogP contribution in [0.5, 0.6) is 5.88 Å². The van der Waals surface area contributed by atoms with Crippen molar-refractivity contribution < 1.29 is 22.7 Å². The lowest BCUT2D eigenvalue weighted by atomic mass is 9.90. The van der Waals surface area contributed by atoms with E-state index in [4.69, 9.17) is 0 Å². The smallest absolute Gasteiger partial charge is 0.388 e. The zero-order valence-electron chi connectivity index (χ0n) is 17.1. The van der Waals surface area contributed by atoms with Crippen LogP contribution in [0.1, 0.15) is 11.1 Å². The number of alkyl halides is 2. The average Bonchev–Trinajstić information content (AvgIpc) is 2.81. The number of pyridine rings is 1. The molecular weight excluding hydrogens is 439 g/mol. The highest BCUT2D eigenvalue weighted by atomic mass is 19.3. The number of carbonyl (C=O) groups is 1. The Kier molecular flexibility index (Phi) is 6.48. The topological polar surface area (TPSA) is 90.2 Å². The fraction of sp³-hybridized carbons (Fsp3) is 0.227. The number of nitrogens with zero attached hydrogens (tertiary/aromatic N) is 5. The van der Waals surface area contributed by atoms with Gasteiger partial charge in [-0.2, -0.15) is 13.8 Å². The number of rotatable bonds is 7. The Bertz CT molecular complexity index is 1210. The predicted octanol–water partition coefficient (Wildman–Crippen LogP) is 2.54. The summed E-state index contributed by atoms with van der Waals surface area (Å²) in [6, 6.07) is 8.69. The molecule has 1 atom stereocenters. The number of benzene rings is 1. The lowest BCUT2D eigenvalue weighted by molar-refractivity contribution is -0.109. The number of carbonyl (C=O) groups excluding carboxylic acids is 1. The first-order valence-corrected chi connectivity index (χ1v) is 9.92. The molecule has 0 bridgehead atoms. The molecule has 0 fully saturated rings. The molecule has 0 N–H and O–H groups in total. The summed E-state index contributed by atoms with van der Waals surface area (Å²) in [4.78, 5) is 37.9. The van der Waals surface area contributed by atoms with Gasteiger partial charge in [0.05, 0.1) is 12.5 Å². The molecule has 0 aliphatic carbocycles. The number of ether oxygens (including phenoxy) is 1. The van der Waals surface area contributed by atoms with Crippen LogP contribution in [-0.2, 0) is 11.3 Å². The number of anilines is 1. The molecule has 1 aliphatic heterocycles. The summed E-state index contributed by atoms with van der Waals surface area (Å²) in [6.07, 6.45) is 5.28. The third-order valence-corrected chi connectivity index (χ3v) is 5.09. The van der Waals surface area contributed by atoms with Gasteiger partial charge in [-0.05, 0) is 28.8 Å². The number of aromatic nitrogens is 4. The monoisotopic (exact) mass is 457 g/mol. The highest BCUT2D eigenvalue weighted by Gasteiger charge is 2.25. The molecule has 2 aromatic heterocycles. The Balaban J connectivity index is 1.48. The van der Waals surface area contributed by atoms with E-state index in [-0.39, 0.29) is 30.7 Å². The third kappa shape index (κ3) is 5.25. The molecule has 1 aliphatic rings. The summed E-state index contributed by atoms with van der Waals surface area (Å²) in [6.45, 7) is -2.24. The quantitative estimate of drug-likeness (QED) is 0.504. The molecule has 170 valence electrons. The maximum absolute atomic E-state index is 13.2. The molecule has 3 aromatic rings. The second kappa shape index (κ2) is 9.63. The summed E-state index contributed by atoms with van der Waals surface area (Å²) < 4.78 is 43.1. The molecule has 0 saturated heterocycles. The van der Waals surface area contributed by atoms with Gasteiger partial charge in [-0.3, -0.25) is 4.57 Å². The summed E-state index contributed by atoms with van der Waals surface area (Å²) in [5.41, 5.74) is 1.54. The van der Waals surface area contributed by atoms with E-state index in [1.54, 1.807) is 17.0 Å². The largest absolute Gasteiger partial charge is 0.417 e. The minimum absolute atomic E-state index is 0.0899. The first kappa shape index (κ1) is 22.2. The third-order valence-electron chi connectivity index (χ3n) is 5.09. The fourth-order valence-electron chi connectivity index (χ4n) is 3.50. The minimum Gasteiger partial charge on any atom is -0.417 e. The van der Waals surface area contributed by atoms with Gasteiger partial charge in [0.15, 0.2) is 0 Å². The van der Waals surface area contributed by atoms with Crippen molar-refractivity contribution in [1.29, 1.82) is 0 Å². The van der Waals surface area contributed by atoms with E-state index in [0.29, 0.717) is 12.1 Å². The minimum atomic E-state index is -2.97. The molecule has 0 radical (unpaired) electrons. The molecular formula is C22H18F3N5O3. The van der Waals surface area contributed by atoms with Crippen molar-refractivity contribution >= 4 is 17.8 Å². The summed E-state index contributed by atoms with van der Waals surface area (Å²) in [7, 11) is 0. The van der Waals surface area contributed by atoms with Gasteiger partial charge in [-0.1, -0.05) is 24.3 Å². The molecule has 0 spiro atoms. The average molecular weight is 457 g/mol. The Morgan fingerprint density at radius 1 is 1.15 bits per heavy atom. The van der Waals surface area contributed by atoms with Crippen molar-refractivity contribution in [2.24, 2.45) is 5.92 Å². The number of hydrogen-bond donors (Lipinski definition) is 0. The molecule has 4 rings (SSSR count). The predicted molar refractivity (Wildman–Crippen MR) is 112 cm³/mol. The fourth-order valence-corrected chi connectivity index (χ4v) is 3.50. The molecule has 1 unspecified atom stereocenters. The van der Waals surface area contributed by atoms with Crippen molar-refractivity contribution in [3.8, 4) is 5.88 Å². The molecule has 3 heterocycles. The number of hydrogen-bond acceptors (Lipinski definition) is 7. The lowest BCUT2D eigenvalue weighted by Crippen LogP contribution is -2.38. The molecule has 1 aromatic carbocycles. The SMILES string of the molecule is O=CC1CN(c2ncn(Cc3ccc(OC(F)F)nc3)c(=O)n2)CC=C1c1ccc(F)cc1. The van der Waals surface area contributed by atoms with Crippen LogP contribution in [0.4, 0.5) is 19.1 Å². The van der Waals surface area contributed by atoms with Crippen LogP contribution >= 0.6 is 0 Å². The van der Waals surface area contributed by atoms with Gasteiger partial charge < -0.3 is 14.4 Å². The molecule has 11 heteroatoms. The molecule has 0 amide bonds. The van der Waals surface area contributed by atoms with Crippen molar-refractivity contribution in [2.75, 3.05) is 18.0 Å². The zero-order valence-corrected chi connectivity index (χ0v) is 17.1. The van der Waals surface area contributed by atoms with E-state index in [0.717, 1.165) is 17.4 Å². The number of aldehydes is 1. The van der Waals surface area contributed by atoms with Crippen LogP contribution in [0, 0.1) is 11.7 Å². The Morgan fingerprint density at radius 3 is 2.58 bits per heavy atom. The standard InChI is InChI=1S/C22H18F3N5O3/c23-17-4-2-15(3-5-17)18-7-8-29(11-16(18)12-31)21-27-13-30(22(32)28-21)10-14-1-6-19(26-9-14)33-20(24)25/h1-7,9,12-13,16,20H,8,10-11H2. The lowest BCUT2D eigenvalue weighted by Gasteiger charge is -2.30. The highest BCUT2D eigenvalue weighted by Crippen LogP contribution is 2.28.